The Morgan fingerprint density at radius 2 is 1.73 bits per heavy atom. The van der Waals surface area contributed by atoms with Crippen molar-refractivity contribution in [2.75, 3.05) is 0 Å². The molecule has 0 spiro atoms. The summed E-state index contributed by atoms with van der Waals surface area (Å²) in [6.07, 6.45) is 1.95. The van der Waals surface area contributed by atoms with Crippen molar-refractivity contribution in [3.8, 4) is 0 Å². The fourth-order valence-corrected chi connectivity index (χ4v) is 1.73. The summed E-state index contributed by atoms with van der Waals surface area (Å²) in [4.78, 5) is 0. The summed E-state index contributed by atoms with van der Waals surface area (Å²) in [6.45, 7) is -4.93. The second-order valence-electron chi connectivity index (χ2n) is 3.67. The van der Waals surface area contributed by atoms with Crippen molar-refractivity contribution in [2.24, 2.45) is 0 Å². The average Bonchev–Trinajstić information content (AvgIpc) is 2.83. The summed E-state index contributed by atoms with van der Waals surface area (Å²) < 4.78 is 37.3. The van der Waals surface area contributed by atoms with E-state index in [9.17, 15) is 12.9 Å². The molecule has 0 aliphatic heterocycles. The zero-order chi connectivity index (χ0) is 10.3. The number of benzene rings is 1. The van der Waals surface area contributed by atoms with Crippen LogP contribution >= 0.6 is 11.6 Å². The van der Waals surface area contributed by atoms with Gasteiger partial charge in [-0.2, -0.15) is 0 Å². The van der Waals surface area contributed by atoms with Gasteiger partial charge in [-0.15, -0.1) is 5.46 Å². The molecule has 1 fully saturated rings. The molecule has 0 bridgehead atoms. The molecule has 1 aliphatic carbocycles. The van der Waals surface area contributed by atoms with Crippen LogP contribution in [0.5, 0.6) is 0 Å². The van der Waals surface area contributed by atoms with Crippen LogP contribution in [0.15, 0.2) is 18.2 Å². The van der Waals surface area contributed by atoms with Crippen molar-refractivity contribution in [1.29, 1.82) is 0 Å². The molecule has 1 aromatic carbocycles. The Morgan fingerprint density at radius 3 is 2.20 bits per heavy atom. The molecule has 1 saturated carbocycles. The molecule has 0 nitrogen and oxygen atoms in total. The third-order valence-electron chi connectivity index (χ3n) is 2.37. The molecule has 0 saturated heterocycles. The van der Waals surface area contributed by atoms with E-state index in [0.717, 1.165) is 24.5 Å². The second-order valence-corrected chi connectivity index (χ2v) is 4.10. The zero-order valence-electron chi connectivity index (χ0n) is 8.31. The predicted molar refractivity (Wildman–Crippen MR) is 52.1 cm³/mol. The number of halogens is 4. The van der Waals surface area contributed by atoms with Gasteiger partial charge in [-0.25, -0.2) is 0 Å². The molecule has 0 heterocycles. The largest absolute Gasteiger partial charge is 1.00 e. The van der Waals surface area contributed by atoms with E-state index in [1.165, 1.54) is 6.07 Å². The van der Waals surface area contributed by atoms with Crippen LogP contribution in [0.2, 0.25) is 5.02 Å². The van der Waals surface area contributed by atoms with Gasteiger partial charge in [-0.1, -0.05) is 23.7 Å². The van der Waals surface area contributed by atoms with Crippen LogP contribution in [0, 0.1) is 0 Å². The number of hydrogen-bond acceptors (Lipinski definition) is 0. The van der Waals surface area contributed by atoms with E-state index in [1.54, 1.807) is 6.07 Å². The van der Waals surface area contributed by atoms with Crippen molar-refractivity contribution in [3.05, 3.63) is 28.8 Å². The third kappa shape index (κ3) is 3.75. The van der Waals surface area contributed by atoms with Gasteiger partial charge in [0.1, 0.15) is 0 Å². The molecule has 0 N–H and O–H groups in total. The zero-order valence-corrected chi connectivity index (χ0v) is 12.2. The van der Waals surface area contributed by atoms with Gasteiger partial charge in [-0.3, -0.25) is 0 Å². The SMILES string of the molecule is F[B-](F)(F)c1cc(Cl)cc(C2CC2)c1.[K+]. The Balaban J connectivity index is 0.00000112. The van der Waals surface area contributed by atoms with Gasteiger partial charge in [0, 0.05) is 5.02 Å². The molecule has 76 valence electrons. The van der Waals surface area contributed by atoms with E-state index >= 15 is 0 Å². The van der Waals surface area contributed by atoms with Crippen LogP contribution in [0.25, 0.3) is 0 Å². The summed E-state index contributed by atoms with van der Waals surface area (Å²) in [5, 5.41) is 0.184. The van der Waals surface area contributed by atoms with Gasteiger partial charge in [-0.05, 0) is 30.4 Å². The monoisotopic (exact) mass is 258 g/mol. The van der Waals surface area contributed by atoms with Crippen LogP contribution in [0.1, 0.15) is 24.3 Å². The molecule has 1 aromatic rings. The summed E-state index contributed by atoms with van der Waals surface area (Å²) in [5.41, 5.74) is 0.145. The fraction of sp³-hybridized carbons (Fsp3) is 0.333. The molecule has 0 aromatic heterocycles. The van der Waals surface area contributed by atoms with Gasteiger partial charge in [0.25, 0.3) is 0 Å². The molecule has 0 atom stereocenters. The first-order valence-corrected chi connectivity index (χ1v) is 4.85. The Morgan fingerprint density at radius 1 is 1.13 bits per heavy atom. The van der Waals surface area contributed by atoms with E-state index in [-0.39, 0.29) is 56.4 Å². The molecule has 1 aliphatic rings. The first-order chi connectivity index (χ1) is 6.47. The Bertz CT molecular complexity index is 363. The standard InChI is InChI=1S/C9H8BClF3.K/c11-9-4-7(6-1-2-6)3-8(5-9)10(12,13)14;/h3-6H,1-2H2;/q-1;+1. The minimum Gasteiger partial charge on any atom is -0.445 e. The molecule has 0 radical (unpaired) electrons. The summed E-state index contributed by atoms with van der Waals surface area (Å²) in [5.74, 6) is 0.297. The second kappa shape index (κ2) is 5.11. The van der Waals surface area contributed by atoms with E-state index in [2.05, 4.69) is 0 Å². The summed E-state index contributed by atoms with van der Waals surface area (Å²) >= 11 is 5.64. The first-order valence-electron chi connectivity index (χ1n) is 4.47. The van der Waals surface area contributed by atoms with Crippen molar-refractivity contribution in [2.45, 2.75) is 18.8 Å². The predicted octanol–water partition coefficient (Wildman–Crippen LogP) is 0.276. The van der Waals surface area contributed by atoms with Gasteiger partial charge in [0.05, 0.1) is 0 Å². The first kappa shape index (κ1) is 14.1. The van der Waals surface area contributed by atoms with Gasteiger partial charge in [0.2, 0.25) is 0 Å². The molecule has 6 heteroatoms. The molecule has 0 unspecified atom stereocenters. The van der Waals surface area contributed by atoms with Gasteiger partial charge < -0.3 is 12.9 Å². The Kier molecular flexibility index (Phi) is 4.79. The maximum absolute atomic E-state index is 12.4. The van der Waals surface area contributed by atoms with Gasteiger partial charge >= 0.3 is 58.4 Å². The van der Waals surface area contributed by atoms with Crippen molar-refractivity contribution >= 4 is 24.0 Å². The number of hydrogen-bond donors (Lipinski definition) is 0. The van der Waals surface area contributed by atoms with E-state index in [1.807, 2.05) is 0 Å². The average molecular weight is 259 g/mol. The van der Waals surface area contributed by atoms with Crippen molar-refractivity contribution in [3.63, 3.8) is 0 Å². The molecular weight excluding hydrogens is 250 g/mol. The summed E-state index contributed by atoms with van der Waals surface area (Å²) in [7, 11) is 0. The van der Waals surface area contributed by atoms with Crippen LogP contribution < -0.4 is 56.8 Å². The number of rotatable bonds is 2. The maximum atomic E-state index is 12.4. The van der Waals surface area contributed by atoms with E-state index in [0.29, 0.717) is 5.92 Å². The topological polar surface area (TPSA) is 0 Å². The minimum atomic E-state index is -4.93. The van der Waals surface area contributed by atoms with Gasteiger partial charge in [0.15, 0.2) is 0 Å². The molecule has 0 amide bonds. The summed E-state index contributed by atoms with van der Waals surface area (Å²) in [6, 6.07) is 3.85. The van der Waals surface area contributed by atoms with Crippen LogP contribution in [-0.4, -0.2) is 6.98 Å². The van der Waals surface area contributed by atoms with Crippen LogP contribution in [0.4, 0.5) is 12.9 Å². The van der Waals surface area contributed by atoms with E-state index in [4.69, 9.17) is 11.6 Å². The Hall–Kier alpha value is 1.00. The Labute approximate surface area is 134 Å². The van der Waals surface area contributed by atoms with Crippen molar-refractivity contribution in [1.82, 2.24) is 0 Å². The molecular formula is C9H8BClF3K. The molecule has 15 heavy (non-hydrogen) atoms. The smallest absolute Gasteiger partial charge is 0.445 e. The van der Waals surface area contributed by atoms with Crippen LogP contribution in [0.3, 0.4) is 0 Å². The molecule has 2 rings (SSSR count). The van der Waals surface area contributed by atoms with Crippen LogP contribution in [-0.2, 0) is 0 Å². The van der Waals surface area contributed by atoms with E-state index < -0.39 is 12.4 Å². The quantitative estimate of drug-likeness (QED) is 0.669. The normalized spacial score (nSPS) is 16.0. The fourth-order valence-electron chi connectivity index (χ4n) is 1.48. The third-order valence-corrected chi connectivity index (χ3v) is 2.59. The maximum Gasteiger partial charge on any atom is 1.00 e. The minimum absolute atomic E-state index is 0. The van der Waals surface area contributed by atoms with Crippen molar-refractivity contribution < 1.29 is 64.3 Å².